The first kappa shape index (κ1) is 24.0. The quantitative estimate of drug-likeness (QED) is 0.263. The molecule has 1 atom stereocenters. The zero-order valence-electron chi connectivity index (χ0n) is 17.5. The predicted octanol–water partition coefficient (Wildman–Crippen LogP) is 8.66. The van der Waals surface area contributed by atoms with Crippen LogP contribution in [0.25, 0.3) is 0 Å². The van der Waals surface area contributed by atoms with Gasteiger partial charge in [-0.05, 0) is 43.8 Å². The normalized spacial score (nSPS) is 20.1. The van der Waals surface area contributed by atoms with Crippen molar-refractivity contribution >= 4 is 23.5 Å². The molecule has 0 saturated carbocycles. The van der Waals surface area contributed by atoms with E-state index >= 15 is 0 Å². The fourth-order valence-corrected chi connectivity index (χ4v) is 5.76. The molecule has 0 spiro atoms. The van der Waals surface area contributed by atoms with E-state index in [1.165, 1.54) is 77.0 Å². The Labute approximate surface area is 171 Å². The van der Waals surface area contributed by atoms with Gasteiger partial charge in [-0.25, -0.2) is 0 Å². The summed E-state index contributed by atoms with van der Waals surface area (Å²) in [4.78, 5) is 1.11. The lowest BCUT2D eigenvalue weighted by Gasteiger charge is -2.31. The van der Waals surface area contributed by atoms with Crippen LogP contribution >= 0.6 is 23.5 Å². The molecule has 1 unspecified atom stereocenters. The second kappa shape index (κ2) is 15.0. The number of hydrogen-bond donors (Lipinski definition) is 1. The highest BCUT2D eigenvalue weighted by molar-refractivity contribution is 8.03. The van der Waals surface area contributed by atoms with Crippen molar-refractivity contribution in [3.8, 4) is 0 Å². The molecule has 0 amide bonds. The van der Waals surface area contributed by atoms with Gasteiger partial charge in [0.1, 0.15) is 5.76 Å². The van der Waals surface area contributed by atoms with Crippen LogP contribution in [-0.2, 0) is 0 Å². The lowest BCUT2D eigenvalue weighted by atomic mass is 10.00. The Hall–Kier alpha value is -0.0200. The third-order valence-electron chi connectivity index (χ3n) is 5.18. The van der Waals surface area contributed by atoms with E-state index in [-0.39, 0.29) is 4.75 Å². The second-order valence-corrected chi connectivity index (χ2v) is 10.5. The van der Waals surface area contributed by atoms with Crippen molar-refractivity contribution in [2.75, 3.05) is 11.5 Å². The summed E-state index contributed by atoms with van der Waals surface area (Å²) in [5, 5.41) is 10.8. The number of rotatable bonds is 16. The molecule has 1 aliphatic carbocycles. The molecule has 1 nitrogen and oxygen atoms in total. The summed E-state index contributed by atoms with van der Waals surface area (Å²) in [7, 11) is 0. The van der Waals surface area contributed by atoms with E-state index in [1.807, 2.05) is 23.5 Å². The van der Waals surface area contributed by atoms with E-state index in [4.69, 9.17) is 0 Å². The Morgan fingerprint density at radius 2 is 1.38 bits per heavy atom. The summed E-state index contributed by atoms with van der Waals surface area (Å²) in [5.41, 5.74) is 0. The van der Waals surface area contributed by atoms with E-state index in [0.29, 0.717) is 5.76 Å². The maximum atomic E-state index is 10.8. The van der Waals surface area contributed by atoms with Crippen LogP contribution in [0.2, 0.25) is 0 Å². The highest BCUT2D eigenvalue weighted by Gasteiger charge is 2.32. The molecule has 0 aromatic rings. The van der Waals surface area contributed by atoms with Crippen LogP contribution in [-0.4, -0.2) is 21.4 Å². The standard InChI is InChI=1S/C23H42OS2/c1-4-6-8-10-12-14-19-25-21-17-16-18-23(3,22(21)24)26-20-15-13-11-9-7-5-2/h16-17,24H,4-15,18-20H2,1-3H3. The molecule has 0 aliphatic heterocycles. The SMILES string of the molecule is CCCCCCCCSC1=C(O)C(C)(SCCCCCCCC)CC=C1. The zero-order valence-corrected chi connectivity index (χ0v) is 19.2. The smallest absolute Gasteiger partial charge is 0.122 e. The van der Waals surface area contributed by atoms with Crippen LogP contribution < -0.4 is 0 Å². The highest BCUT2D eigenvalue weighted by atomic mass is 32.2. The van der Waals surface area contributed by atoms with Gasteiger partial charge in [0, 0.05) is 4.91 Å². The van der Waals surface area contributed by atoms with E-state index in [1.54, 1.807) is 0 Å². The largest absolute Gasteiger partial charge is 0.510 e. The third-order valence-corrected chi connectivity index (χ3v) is 7.81. The van der Waals surface area contributed by atoms with Gasteiger partial charge in [0.2, 0.25) is 0 Å². The molecule has 1 rings (SSSR count). The van der Waals surface area contributed by atoms with E-state index in [0.717, 1.165) is 22.8 Å². The number of aliphatic hydroxyl groups is 1. The fourth-order valence-electron chi connectivity index (χ4n) is 3.32. The van der Waals surface area contributed by atoms with Crippen LogP contribution in [0.3, 0.4) is 0 Å². The Morgan fingerprint density at radius 3 is 2.00 bits per heavy atom. The average molecular weight is 399 g/mol. The molecule has 0 radical (unpaired) electrons. The Morgan fingerprint density at radius 1 is 0.846 bits per heavy atom. The number of hydrogen-bond acceptors (Lipinski definition) is 3. The van der Waals surface area contributed by atoms with E-state index < -0.39 is 0 Å². The number of unbranched alkanes of at least 4 members (excludes halogenated alkanes) is 10. The molecule has 0 aromatic carbocycles. The molecule has 152 valence electrons. The van der Waals surface area contributed by atoms with Gasteiger partial charge in [-0.3, -0.25) is 0 Å². The molecule has 3 heteroatoms. The summed E-state index contributed by atoms with van der Waals surface area (Å²) in [5.74, 6) is 2.93. The van der Waals surface area contributed by atoms with Crippen LogP contribution in [0.15, 0.2) is 22.8 Å². The van der Waals surface area contributed by atoms with Gasteiger partial charge in [-0.1, -0.05) is 84.1 Å². The first-order valence-electron chi connectivity index (χ1n) is 11.0. The van der Waals surface area contributed by atoms with Crippen LogP contribution in [0, 0.1) is 0 Å². The van der Waals surface area contributed by atoms with Gasteiger partial charge in [0.05, 0.1) is 4.75 Å². The van der Waals surface area contributed by atoms with Gasteiger partial charge in [0.25, 0.3) is 0 Å². The molecule has 0 bridgehead atoms. The molecule has 1 N–H and O–H groups in total. The lowest BCUT2D eigenvalue weighted by Crippen LogP contribution is -2.26. The number of thioether (sulfide) groups is 2. The van der Waals surface area contributed by atoms with Crippen molar-refractivity contribution < 1.29 is 5.11 Å². The highest BCUT2D eigenvalue weighted by Crippen LogP contribution is 2.42. The molecule has 0 heterocycles. The van der Waals surface area contributed by atoms with Crippen molar-refractivity contribution in [2.45, 2.75) is 109 Å². The monoisotopic (exact) mass is 398 g/mol. The molecule has 26 heavy (non-hydrogen) atoms. The van der Waals surface area contributed by atoms with Gasteiger partial charge in [-0.15, -0.1) is 23.5 Å². The minimum Gasteiger partial charge on any atom is -0.510 e. The minimum absolute atomic E-state index is 0.109. The summed E-state index contributed by atoms with van der Waals surface area (Å²) in [6.45, 7) is 6.76. The first-order chi connectivity index (χ1) is 12.6. The number of aliphatic hydroxyl groups excluding tert-OH is 1. The zero-order chi connectivity index (χ0) is 19.1. The molecule has 0 fully saturated rings. The van der Waals surface area contributed by atoms with Crippen molar-refractivity contribution in [1.29, 1.82) is 0 Å². The topological polar surface area (TPSA) is 20.2 Å². The minimum atomic E-state index is -0.109. The Balaban J connectivity index is 2.27. The van der Waals surface area contributed by atoms with Crippen LogP contribution in [0.4, 0.5) is 0 Å². The van der Waals surface area contributed by atoms with Gasteiger partial charge in [0.15, 0.2) is 0 Å². The van der Waals surface area contributed by atoms with E-state index in [2.05, 4.69) is 32.9 Å². The van der Waals surface area contributed by atoms with Crippen molar-refractivity contribution in [1.82, 2.24) is 0 Å². The molecule has 0 saturated heterocycles. The number of allylic oxidation sites excluding steroid dienone is 2. The fraction of sp³-hybridized carbons (Fsp3) is 0.826. The molecular formula is C23H42OS2. The average Bonchev–Trinajstić information content (AvgIpc) is 2.64. The van der Waals surface area contributed by atoms with Crippen molar-refractivity contribution in [2.24, 2.45) is 0 Å². The maximum absolute atomic E-state index is 10.8. The van der Waals surface area contributed by atoms with Crippen LogP contribution in [0.1, 0.15) is 104 Å². The van der Waals surface area contributed by atoms with Crippen LogP contribution in [0.5, 0.6) is 0 Å². The van der Waals surface area contributed by atoms with Gasteiger partial charge >= 0.3 is 0 Å². The Bertz CT molecular complexity index is 416. The second-order valence-electron chi connectivity index (χ2n) is 7.78. The lowest BCUT2D eigenvalue weighted by molar-refractivity contribution is 0.354. The third kappa shape index (κ3) is 9.78. The predicted molar refractivity (Wildman–Crippen MR) is 123 cm³/mol. The van der Waals surface area contributed by atoms with Gasteiger partial charge < -0.3 is 5.11 Å². The molecule has 0 aromatic heterocycles. The molecular weight excluding hydrogens is 356 g/mol. The van der Waals surface area contributed by atoms with Gasteiger partial charge in [-0.2, -0.15) is 0 Å². The summed E-state index contributed by atoms with van der Waals surface area (Å²) >= 11 is 3.81. The summed E-state index contributed by atoms with van der Waals surface area (Å²) in [6, 6.07) is 0. The summed E-state index contributed by atoms with van der Waals surface area (Å²) < 4.78 is -0.109. The van der Waals surface area contributed by atoms with Crippen molar-refractivity contribution in [3.63, 3.8) is 0 Å². The van der Waals surface area contributed by atoms with E-state index in [9.17, 15) is 5.11 Å². The Kier molecular flexibility index (Phi) is 13.8. The first-order valence-corrected chi connectivity index (χ1v) is 13.0. The van der Waals surface area contributed by atoms with Crippen molar-refractivity contribution in [3.05, 3.63) is 22.8 Å². The summed E-state index contributed by atoms with van der Waals surface area (Å²) in [6.07, 6.45) is 21.4. The maximum Gasteiger partial charge on any atom is 0.122 e. The molecule has 1 aliphatic rings.